The van der Waals surface area contributed by atoms with Crippen molar-refractivity contribution in [1.82, 2.24) is 10.4 Å². The zero-order chi connectivity index (χ0) is 26.9. The first-order valence-corrected chi connectivity index (χ1v) is 11.6. The first-order valence-electron chi connectivity index (χ1n) is 11.6. The number of ether oxygens (including phenoxy) is 2. The van der Waals surface area contributed by atoms with Gasteiger partial charge in [-0.1, -0.05) is 6.07 Å². The highest BCUT2D eigenvalue weighted by Crippen LogP contribution is 2.33. The number of anilines is 2. The largest absolute Gasteiger partial charge is 0.490 e. The fourth-order valence-corrected chi connectivity index (χ4v) is 3.41. The number of nitrogen functional groups attached to an aromatic ring is 1. The first-order chi connectivity index (χ1) is 17.7. The lowest BCUT2D eigenvalue weighted by molar-refractivity contribution is -0.121. The van der Waals surface area contributed by atoms with Gasteiger partial charge in [-0.05, 0) is 74.9 Å². The van der Waals surface area contributed by atoms with Gasteiger partial charge in [-0.15, -0.1) is 0 Å². The van der Waals surface area contributed by atoms with Gasteiger partial charge in [-0.3, -0.25) is 21.1 Å². The van der Waals surface area contributed by atoms with E-state index in [0.717, 1.165) is 0 Å². The zero-order valence-corrected chi connectivity index (χ0v) is 20.7. The number of rotatable bonds is 12. The summed E-state index contributed by atoms with van der Waals surface area (Å²) in [5.74, 6) is -0.764. The highest BCUT2D eigenvalue weighted by molar-refractivity contribution is 5.95. The Morgan fingerprint density at radius 2 is 1.84 bits per heavy atom. The summed E-state index contributed by atoms with van der Waals surface area (Å²) in [6.45, 7) is 6.05. The molecule has 0 saturated heterocycles. The number of carboxylic acid groups (broad SMARTS) is 1. The summed E-state index contributed by atoms with van der Waals surface area (Å²) in [4.78, 5) is 28.9. The molecule has 0 saturated carbocycles. The molecule has 194 valence electrons. The molecule has 37 heavy (non-hydrogen) atoms. The number of amides is 1. The lowest BCUT2D eigenvalue weighted by atomic mass is 10.0. The highest BCUT2D eigenvalue weighted by atomic mass is 16.5. The van der Waals surface area contributed by atoms with Crippen molar-refractivity contribution in [3.8, 4) is 11.5 Å². The number of carbonyl (C=O) groups is 2. The number of hydrazine groups is 1. The van der Waals surface area contributed by atoms with Gasteiger partial charge in [0.25, 0.3) is 5.91 Å². The van der Waals surface area contributed by atoms with E-state index in [1.165, 1.54) is 18.3 Å². The van der Waals surface area contributed by atoms with Crippen LogP contribution in [0.1, 0.15) is 48.3 Å². The number of hydrogen-bond acceptors (Lipinski definition) is 8. The van der Waals surface area contributed by atoms with Gasteiger partial charge < -0.3 is 25.6 Å². The topological polar surface area (TPSA) is 172 Å². The molecule has 1 aromatic heterocycles. The molecule has 0 aliphatic carbocycles. The molecular formula is C26H30N6O5. The van der Waals surface area contributed by atoms with E-state index in [-0.39, 0.29) is 23.3 Å². The molecule has 1 unspecified atom stereocenters. The number of nitrogens with two attached hydrogens (primary N) is 1. The third kappa shape index (κ3) is 7.10. The fraction of sp³-hybridized carbons (Fsp3) is 0.231. The maximum Gasteiger partial charge on any atom is 0.339 e. The number of hydrogen-bond donors (Lipinski definition) is 6. The van der Waals surface area contributed by atoms with Gasteiger partial charge in [0, 0.05) is 17.4 Å². The summed E-state index contributed by atoms with van der Waals surface area (Å²) in [6, 6.07) is 13.8. The van der Waals surface area contributed by atoms with E-state index in [1.54, 1.807) is 42.5 Å². The molecule has 3 aromatic rings. The fourth-order valence-electron chi connectivity index (χ4n) is 3.41. The predicted molar refractivity (Wildman–Crippen MR) is 140 cm³/mol. The molecule has 2 aromatic carbocycles. The van der Waals surface area contributed by atoms with Crippen LogP contribution in [0.25, 0.3) is 0 Å². The Bertz CT molecular complexity index is 1260. The van der Waals surface area contributed by atoms with E-state index < -0.39 is 17.9 Å². The van der Waals surface area contributed by atoms with Crippen molar-refractivity contribution < 1.29 is 24.2 Å². The minimum absolute atomic E-state index is 0.0106. The van der Waals surface area contributed by atoms with Gasteiger partial charge in [-0.2, -0.15) is 0 Å². The Morgan fingerprint density at radius 3 is 2.46 bits per heavy atom. The summed E-state index contributed by atoms with van der Waals surface area (Å²) in [5, 5.41) is 20.1. The van der Waals surface area contributed by atoms with Gasteiger partial charge in [0.05, 0.1) is 12.7 Å². The first kappa shape index (κ1) is 26.8. The maximum atomic E-state index is 13.4. The zero-order valence-electron chi connectivity index (χ0n) is 20.7. The van der Waals surface area contributed by atoms with Crippen molar-refractivity contribution in [1.29, 1.82) is 5.41 Å². The van der Waals surface area contributed by atoms with Crippen LogP contribution < -0.4 is 31.4 Å². The molecule has 0 radical (unpaired) electrons. The Labute approximate surface area is 214 Å². The number of pyridine rings is 1. The van der Waals surface area contributed by atoms with Crippen molar-refractivity contribution in [3.05, 3.63) is 77.5 Å². The maximum absolute atomic E-state index is 13.4. The van der Waals surface area contributed by atoms with E-state index in [2.05, 4.69) is 21.2 Å². The van der Waals surface area contributed by atoms with Crippen LogP contribution in [0.5, 0.6) is 11.5 Å². The molecule has 11 heteroatoms. The Balaban J connectivity index is 1.93. The SMILES string of the molecule is CCOc1cc(C(Nc2ccc(C(=N)N)cc2)C(=O)NNc2ncccc2C(=O)O)ccc1OC(C)C. The number of benzene rings is 2. The summed E-state index contributed by atoms with van der Waals surface area (Å²) in [6.07, 6.45) is 1.34. The smallest absolute Gasteiger partial charge is 0.339 e. The number of nitrogens with zero attached hydrogens (tertiary/aromatic N) is 1. The van der Waals surface area contributed by atoms with Gasteiger partial charge in [0.2, 0.25) is 0 Å². The lowest BCUT2D eigenvalue weighted by Crippen LogP contribution is -2.37. The second-order valence-electron chi connectivity index (χ2n) is 8.19. The molecule has 1 atom stereocenters. The van der Waals surface area contributed by atoms with Gasteiger partial charge in [0.1, 0.15) is 17.4 Å². The molecule has 1 heterocycles. The van der Waals surface area contributed by atoms with E-state index in [1.807, 2.05) is 20.8 Å². The van der Waals surface area contributed by atoms with Gasteiger partial charge in [-0.25, -0.2) is 9.78 Å². The van der Waals surface area contributed by atoms with E-state index in [9.17, 15) is 14.7 Å². The molecule has 0 spiro atoms. The standard InChI is InChI=1S/C26H30N6O5/c1-4-36-21-14-17(9-12-20(21)37-15(2)3)22(30-18-10-7-16(8-11-18)23(27)28)25(33)32-31-24-19(26(34)35)6-5-13-29-24/h5-15,22,30H,4H2,1-3H3,(H3,27,28)(H,29,31)(H,32,33)(H,34,35). The Hall–Kier alpha value is -4.80. The summed E-state index contributed by atoms with van der Waals surface area (Å²) >= 11 is 0. The quantitative estimate of drug-likeness (QED) is 0.122. The van der Waals surface area contributed by atoms with Crippen molar-refractivity contribution in [3.63, 3.8) is 0 Å². The second kappa shape index (κ2) is 12.2. The number of nitrogens with one attached hydrogen (secondary N) is 4. The van der Waals surface area contributed by atoms with Crippen LogP contribution in [-0.4, -0.2) is 40.5 Å². The Kier molecular flexibility index (Phi) is 8.87. The second-order valence-corrected chi connectivity index (χ2v) is 8.19. The van der Waals surface area contributed by atoms with Crippen LogP contribution in [0.4, 0.5) is 11.5 Å². The van der Waals surface area contributed by atoms with Crippen LogP contribution in [-0.2, 0) is 4.79 Å². The van der Waals surface area contributed by atoms with Gasteiger partial charge in [0.15, 0.2) is 17.3 Å². The van der Waals surface area contributed by atoms with Crippen molar-refractivity contribution in [2.75, 3.05) is 17.3 Å². The number of aromatic nitrogens is 1. The van der Waals surface area contributed by atoms with E-state index in [4.69, 9.17) is 20.6 Å². The van der Waals surface area contributed by atoms with Crippen molar-refractivity contribution in [2.45, 2.75) is 32.9 Å². The molecule has 0 fully saturated rings. The molecule has 0 bridgehead atoms. The monoisotopic (exact) mass is 506 g/mol. The molecule has 0 aliphatic rings. The van der Waals surface area contributed by atoms with Crippen LogP contribution >= 0.6 is 0 Å². The molecular weight excluding hydrogens is 476 g/mol. The van der Waals surface area contributed by atoms with Crippen molar-refractivity contribution in [2.24, 2.45) is 5.73 Å². The van der Waals surface area contributed by atoms with Crippen LogP contribution in [0, 0.1) is 5.41 Å². The average molecular weight is 507 g/mol. The average Bonchev–Trinajstić information content (AvgIpc) is 2.87. The molecule has 0 aliphatic heterocycles. The molecule has 7 N–H and O–H groups in total. The third-order valence-electron chi connectivity index (χ3n) is 5.07. The van der Waals surface area contributed by atoms with Crippen LogP contribution in [0.2, 0.25) is 0 Å². The van der Waals surface area contributed by atoms with E-state index in [0.29, 0.717) is 34.9 Å². The predicted octanol–water partition coefficient (Wildman–Crippen LogP) is 3.55. The number of carbonyl (C=O) groups excluding carboxylic acids is 1. The van der Waals surface area contributed by atoms with Crippen LogP contribution in [0.3, 0.4) is 0 Å². The summed E-state index contributed by atoms with van der Waals surface area (Å²) in [5.41, 5.74) is 12.3. The minimum Gasteiger partial charge on any atom is -0.490 e. The number of aromatic carboxylic acids is 1. The highest BCUT2D eigenvalue weighted by Gasteiger charge is 2.24. The number of amidine groups is 1. The summed E-state index contributed by atoms with van der Waals surface area (Å²) in [7, 11) is 0. The molecule has 1 amide bonds. The Morgan fingerprint density at radius 1 is 1.11 bits per heavy atom. The third-order valence-corrected chi connectivity index (χ3v) is 5.07. The normalized spacial score (nSPS) is 11.4. The lowest BCUT2D eigenvalue weighted by Gasteiger charge is -2.22. The van der Waals surface area contributed by atoms with Gasteiger partial charge >= 0.3 is 5.97 Å². The molecule has 11 nitrogen and oxygen atoms in total. The number of carboxylic acids is 1. The van der Waals surface area contributed by atoms with Crippen molar-refractivity contribution >= 4 is 29.2 Å². The van der Waals surface area contributed by atoms with E-state index >= 15 is 0 Å². The summed E-state index contributed by atoms with van der Waals surface area (Å²) < 4.78 is 11.6. The minimum atomic E-state index is -1.19. The molecule has 3 rings (SSSR count). The van der Waals surface area contributed by atoms with Crippen LogP contribution in [0.15, 0.2) is 60.8 Å².